The standard InChI is InChI=1S/C10H20O3/c1-7(5-6-13-2)9(11)10(12)8-3-4-8/h7-12H,3-6H2,1-2H3. The minimum Gasteiger partial charge on any atom is -0.390 e. The average molecular weight is 188 g/mol. The minimum absolute atomic E-state index is 0.121. The predicted molar refractivity (Wildman–Crippen MR) is 50.4 cm³/mol. The summed E-state index contributed by atoms with van der Waals surface area (Å²) in [7, 11) is 1.65. The topological polar surface area (TPSA) is 49.7 Å². The van der Waals surface area contributed by atoms with Gasteiger partial charge in [-0.2, -0.15) is 0 Å². The molecule has 3 unspecified atom stereocenters. The molecule has 0 radical (unpaired) electrons. The van der Waals surface area contributed by atoms with Gasteiger partial charge in [0.1, 0.15) is 0 Å². The Bertz CT molecular complexity index is 145. The Morgan fingerprint density at radius 3 is 2.46 bits per heavy atom. The molecule has 3 heteroatoms. The summed E-state index contributed by atoms with van der Waals surface area (Å²) >= 11 is 0. The van der Waals surface area contributed by atoms with Gasteiger partial charge >= 0.3 is 0 Å². The highest BCUT2D eigenvalue weighted by Crippen LogP contribution is 2.35. The Morgan fingerprint density at radius 2 is 2.00 bits per heavy atom. The molecule has 3 atom stereocenters. The Kier molecular flexibility index (Phi) is 4.16. The number of aliphatic hydroxyl groups is 2. The highest BCUT2D eigenvalue weighted by atomic mass is 16.5. The largest absolute Gasteiger partial charge is 0.390 e. The minimum atomic E-state index is -0.581. The van der Waals surface area contributed by atoms with Crippen molar-refractivity contribution in [3.05, 3.63) is 0 Å². The summed E-state index contributed by atoms with van der Waals surface area (Å²) < 4.78 is 4.93. The quantitative estimate of drug-likeness (QED) is 0.648. The SMILES string of the molecule is COCCC(C)C(O)C(O)C1CC1. The van der Waals surface area contributed by atoms with Crippen LogP contribution in [0.5, 0.6) is 0 Å². The van der Waals surface area contributed by atoms with E-state index in [2.05, 4.69) is 0 Å². The lowest BCUT2D eigenvalue weighted by Gasteiger charge is -2.23. The third kappa shape index (κ3) is 3.25. The van der Waals surface area contributed by atoms with Crippen molar-refractivity contribution in [3.8, 4) is 0 Å². The van der Waals surface area contributed by atoms with Crippen LogP contribution in [0.15, 0.2) is 0 Å². The zero-order valence-electron chi connectivity index (χ0n) is 8.44. The van der Waals surface area contributed by atoms with Crippen LogP contribution in [0, 0.1) is 11.8 Å². The van der Waals surface area contributed by atoms with Gasteiger partial charge in [-0.3, -0.25) is 0 Å². The molecule has 0 aromatic heterocycles. The van der Waals surface area contributed by atoms with E-state index in [1.54, 1.807) is 7.11 Å². The van der Waals surface area contributed by atoms with E-state index in [9.17, 15) is 10.2 Å². The van der Waals surface area contributed by atoms with Crippen LogP contribution in [-0.2, 0) is 4.74 Å². The van der Waals surface area contributed by atoms with Gasteiger partial charge < -0.3 is 14.9 Å². The normalized spacial score (nSPS) is 24.0. The van der Waals surface area contributed by atoms with E-state index in [-0.39, 0.29) is 5.92 Å². The second kappa shape index (κ2) is 4.94. The Hall–Kier alpha value is -0.120. The molecule has 0 bridgehead atoms. The Balaban J connectivity index is 2.23. The second-order valence-electron chi connectivity index (χ2n) is 4.08. The number of hydrogen-bond acceptors (Lipinski definition) is 3. The molecule has 1 aliphatic carbocycles. The van der Waals surface area contributed by atoms with Crippen molar-refractivity contribution in [2.24, 2.45) is 11.8 Å². The van der Waals surface area contributed by atoms with Crippen LogP contribution in [-0.4, -0.2) is 36.1 Å². The van der Waals surface area contributed by atoms with Crippen molar-refractivity contribution < 1.29 is 14.9 Å². The zero-order valence-corrected chi connectivity index (χ0v) is 8.44. The molecule has 1 aliphatic rings. The van der Waals surface area contributed by atoms with Crippen molar-refractivity contribution in [3.63, 3.8) is 0 Å². The van der Waals surface area contributed by atoms with Crippen LogP contribution in [0.4, 0.5) is 0 Å². The third-order valence-electron chi connectivity index (χ3n) is 2.82. The summed E-state index contributed by atoms with van der Waals surface area (Å²) in [5.74, 6) is 0.468. The van der Waals surface area contributed by atoms with Gasteiger partial charge in [-0.25, -0.2) is 0 Å². The van der Waals surface area contributed by atoms with E-state index in [1.807, 2.05) is 6.92 Å². The van der Waals surface area contributed by atoms with Gasteiger partial charge in [-0.15, -0.1) is 0 Å². The second-order valence-corrected chi connectivity index (χ2v) is 4.08. The van der Waals surface area contributed by atoms with Crippen LogP contribution < -0.4 is 0 Å². The monoisotopic (exact) mass is 188 g/mol. The highest BCUT2D eigenvalue weighted by molar-refractivity contribution is 4.87. The van der Waals surface area contributed by atoms with E-state index in [1.165, 1.54) is 0 Å². The maximum Gasteiger partial charge on any atom is 0.0829 e. The molecule has 0 heterocycles. The molecule has 78 valence electrons. The summed E-state index contributed by atoms with van der Waals surface area (Å²) in [4.78, 5) is 0. The molecule has 1 rings (SSSR count). The fraction of sp³-hybridized carbons (Fsp3) is 1.00. The van der Waals surface area contributed by atoms with Gasteiger partial charge in [0.05, 0.1) is 12.2 Å². The van der Waals surface area contributed by atoms with Crippen LogP contribution in [0.1, 0.15) is 26.2 Å². The smallest absolute Gasteiger partial charge is 0.0829 e. The molecule has 0 aliphatic heterocycles. The van der Waals surface area contributed by atoms with Gasteiger partial charge in [0.15, 0.2) is 0 Å². The summed E-state index contributed by atoms with van der Waals surface area (Å²) in [6.45, 7) is 2.60. The fourth-order valence-electron chi connectivity index (χ4n) is 1.53. The first-order chi connectivity index (χ1) is 6.16. The molecule has 13 heavy (non-hydrogen) atoms. The molecule has 2 N–H and O–H groups in total. The maximum atomic E-state index is 9.72. The van der Waals surface area contributed by atoms with Crippen molar-refractivity contribution in [1.82, 2.24) is 0 Å². The van der Waals surface area contributed by atoms with E-state index < -0.39 is 12.2 Å². The van der Waals surface area contributed by atoms with Gasteiger partial charge in [0.2, 0.25) is 0 Å². The predicted octanol–water partition coefficient (Wildman–Crippen LogP) is 0.791. The molecule has 1 saturated carbocycles. The summed E-state index contributed by atoms with van der Waals surface area (Å²) in [6, 6.07) is 0. The molecule has 0 spiro atoms. The van der Waals surface area contributed by atoms with Gasteiger partial charge in [-0.05, 0) is 31.1 Å². The molecule has 3 nitrogen and oxygen atoms in total. The maximum absolute atomic E-state index is 9.72. The van der Waals surface area contributed by atoms with Gasteiger partial charge in [0, 0.05) is 13.7 Å². The van der Waals surface area contributed by atoms with Crippen LogP contribution in [0.2, 0.25) is 0 Å². The van der Waals surface area contributed by atoms with Gasteiger partial charge in [-0.1, -0.05) is 6.92 Å². The van der Waals surface area contributed by atoms with Crippen molar-refractivity contribution >= 4 is 0 Å². The third-order valence-corrected chi connectivity index (χ3v) is 2.82. The Labute approximate surface area is 79.7 Å². The number of ether oxygens (including phenoxy) is 1. The first kappa shape index (κ1) is 11.0. The van der Waals surface area contributed by atoms with E-state index in [4.69, 9.17) is 4.74 Å². The van der Waals surface area contributed by atoms with Gasteiger partial charge in [0.25, 0.3) is 0 Å². The zero-order chi connectivity index (χ0) is 9.84. The molecule has 0 saturated heterocycles. The molecule has 1 fully saturated rings. The van der Waals surface area contributed by atoms with E-state index >= 15 is 0 Å². The number of hydrogen-bond donors (Lipinski definition) is 2. The molecule has 0 aromatic rings. The number of aliphatic hydroxyl groups excluding tert-OH is 2. The van der Waals surface area contributed by atoms with Crippen molar-refractivity contribution in [2.45, 2.75) is 38.4 Å². The van der Waals surface area contributed by atoms with Crippen LogP contribution >= 0.6 is 0 Å². The lowest BCUT2D eigenvalue weighted by Crippen LogP contribution is -2.34. The summed E-state index contributed by atoms with van der Waals surface area (Å²) in [5.41, 5.74) is 0. The highest BCUT2D eigenvalue weighted by Gasteiger charge is 2.36. The van der Waals surface area contributed by atoms with Crippen LogP contribution in [0.3, 0.4) is 0 Å². The number of rotatable bonds is 6. The lowest BCUT2D eigenvalue weighted by molar-refractivity contribution is -0.0303. The molecular formula is C10H20O3. The molecule has 0 aromatic carbocycles. The fourth-order valence-corrected chi connectivity index (χ4v) is 1.53. The lowest BCUT2D eigenvalue weighted by atomic mass is 9.94. The first-order valence-electron chi connectivity index (χ1n) is 5.02. The van der Waals surface area contributed by atoms with Crippen molar-refractivity contribution in [1.29, 1.82) is 0 Å². The average Bonchev–Trinajstić information content (AvgIpc) is 2.94. The van der Waals surface area contributed by atoms with Crippen LogP contribution in [0.25, 0.3) is 0 Å². The first-order valence-corrected chi connectivity index (χ1v) is 5.02. The summed E-state index contributed by atoms with van der Waals surface area (Å²) in [5, 5.41) is 19.4. The molecular weight excluding hydrogens is 168 g/mol. The van der Waals surface area contributed by atoms with E-state index in [0.29, 0.717) is 12.5 Å². The van der Waals surface area contributed by atoms with Crippen molar-refractivity contribution in [2.75, 3.05) is 13.7 Å². The van der Waals surface area contributed by atoms with E-state index in [0.717, 1.165) is 19.3 Å². The number of methoxy groups -OCH3 is 1. The molecule has 0 amide bonds. The summed E-state index contributed by atoms with van der Waals surface area (Å²) in [6.07, 6.45) is 1.83. The Morgan fingerprint density at radius 1 is 1.38 bits per heavy atom.